The van der Waals surface area contributed by atoms with E-state index in [-0.39, 0.29) is 45.6 Å². The summed E-state index contributed by atoms with van der Waals surface area (Å²) in [5.74, 6) is 0.469. The predicted octanol–water partition coefficient (Wildman–Crippen LogP) is 5.83. The number of sulfonamides is 1. The molecule has 0 aromatic heterocycles. The van der Waals surface area contributed by atoms with Crippen LogP contribution in [0.5, 0.6) is 23.0 Å². The monoisotopic (exact) mass is 701 g/mol. The van der Waals surface area contributed by atoms with Crippen LogP contribution in [0.4, 0.5) is 5.69 Å². The number of nitrogens with one attached hydrogen (secondary N) is 1. The van der Waals surface area contributed by atoms with Crippen LogP contribution < -0.4 is 28.6 Å². The Labute approximate surface area is 288 Å². The fourth-order valence-corrected chi connectivity index (χ4v) is 7.47. The lowest BCUT2D eigenvalue weighted by atomic mass is 9.95. The number of rotatable bonds is 15. The second-order valence-electron chi connectivity index (χ2n) is 11.5. The summed E-state index contributed by atoms with van der Waals surface area (Å²) in [5, 5.41) is 3.39. The zero-order valence-electron chi connectivity index (χ0n) is 28.0. The van der Waals surface area contributed by atoms with Gasteiger partial charge in [0, 0.05) is 23.7 Å². The molecule has 1 aliphatic carbocycles. The molecule has 3 aromatic carbocycles. The van der Waals surface area contributed by atoms with Crippen molar-refractivity contribution in [3.05, 3.63) is 71.2 Å². The van der Waals surface area contributed by atoms with Crippen LogP contribution in [0, 0.1) is 0 Å². The summed E-state index contributed by atoms with van der Waals surface area (Å²) in [6, 6.07) is 15.0. The van der Waals surface area contributed by atoms with Crippen molar-refractivity contribution in [3.8, 4) is 23.0 Å². The van der Waals surface area contributed by atoms with Crippen molar-refractivity contribution < 1.29 is 37.0 Å². The molecule has 4 rings (SSSR count). The van der Waals surface area contributed by atoms with Crippen LogP contribution >= 0.6 is 11.6 Å². The van der Waals surface area contributed by atoms with Crippen molar-refractivity contribution in [2.75, 3.05) is 39.3 Å². The first kappa shape index (κ1) is 36.7. The second-order valence-corrected chi connectivity index (χ2v) is 13.8. The SMILES string of the molecule is CCC(C(=O)NC1CCCCC1)N(Cc1ccc(OC)cc1)C(=O)CN(c1cc(Cl)ccc1OC)S(=O)(=O)c1ccc(OC)c(OC)c1. The molecule has 11 nitrogen and oxygen atoms in total. The predicted molar refractivity (Wildman–Crippen MR) is 185 cm³/mol. The number of carbonyl (C=O) groups is 2. The quantitative estimate of drug-likeness (QED) is 0.210. The van der Waals surface area contributed by atoms with Gasteiger partial charge in [-0.3, -0.25) is 13.9 Å². The summed E-state index contributed by atoms with van der Waals surface area (Å²) in [6.07, 6.45) is 5.24. The molecule has 48 heavy (non-hydrogen) atoms. The Kier molecular flexibility index (Phi) is 12.8. The first-order valence-corrected chi connectivity index (χ1v) is 17.7. The molecule has 1 fully saturated rings. The Morgan fingerprint density at radius 2 is 1.50 bits per heavy atom. The Bertz CT molecular complexity index is 1660. The highest BCUT2D eigenvalue weighted by molar-refractivity contribution is 7.92. The van der Waals surface area contributed by atoms with Crippen molar-refractivity contribution in [2.24, 2.45) is 0 Å². The summed E-state index contributed by atoms with van der Waals surface area (Å²) in [7, 11) is 1.35. The minimum absolute atomic E-state index is 0.0240. The van der Waals surface area contributed by atoms with E-state index in [1.54, 1.807) is 25.3 Å². The molecule has 0 saturated heterocycles. The number of hydrogen-bond acceptors (Lipinski definition) is 8. The Balaban J connectivity index is 1.79. The summed E-state index contributed by atoms with van der Waals surface area (Å²) in [4.78, 5) is 29.6. The van der Waals surface area contributed by atoms with E-state index >= 15 is 0 Å². The fraction of sp³-hybridized carbons (Fsp3) is 0.429. The molecule has 3 aromatic rings. The number of benzene rings is 3. The van der Waals surface area contributed by atoms with E-state index in [4.69, 9.17) is 30.5 Å². The zero-order chi connectivity index (χ0) is 34.8. The van der Waals surface area contributed by atoms with E-state index in [0.717, 1.165) is 42.0 Å². The third kappa shape index (κ3) is 8.65. The fourth-order valence-electron chi connectivity index (χ4n) is 5.87. The molecule has 0 aliphatic heterocycles. The summed E-state index contributed by atoms with van der Waals surface area (Å²) in [5.41, 5.74) is 0.792. The molecular weight excluding hydrogens is 658 g/mol. The summed E-state index contributed by atoms with van der Waals surface area (Å²) < 4.78 is 51.4. The molecule has 1 unspecified atom stereocenters. The lowest BCUT2D eigenvalue weighted by Crippen LogP contribution is -2.54. The normalized spacial score (nSPS) is 14.0. The minimum Gasteiger partial charge on any atom is -0.497 e. The smallest absolute Gasteiger partial charge is 0.265 e. The maximum absolute atomic E-state index is 14.5. The second kappa shape index (κ2) is 16.8. The van der Waals surface area contributed by atoms with Crippen molar-refractivity contribution >= 4 is 39.1 Å². The van der Waals surface area contributed by atoms with Gasteiger partial charge in [-0.25, -0.2) is 8.42 Å². The maximum atomic E-state index is 14.5. The average Bonchev–Trinajstić information content (AvgIpc) is 3.10. The number of nitrogens with zero attached hydrogens (tertiary/aromatic N) is 2. The molecule has 0 heterocycles. The molecule has 0 radical (unpaired) electrons. The topological polar surface area (TPSA) is 124 Å². The van der Waals surface area contributed by atoms with Crippen molar-refractivity contribution in [2.45, 2.75) is 69.0 Å². The van der Waals surface area contributed by atoms with Gasteiger partial charge in [0.05, 0.1) is 39.0 Å². The van der Waals surface area contributed by atoms with E-state index in [1.807, 2.05) is 19.1 Å². The van der Waals surface area contributed by atoms with E-state index in [0.29, 0.717) is 17.9 Å². The van der Waals surface area contributed by atoms with Gasteiger partial charge in [0.1, 0.15) is 24.1 Å². The van der Waals surface area contributed by atoms with Gasteiger partial charge in [-0.15, -0.1) is 0 Å². The number of hydrogen-bond donors (Lipinski definition) is 1. The average molecular weight is 702 g/mol. The van der Waals surface area contributed by atoms with Crippen molar-refractivity contribution in [1.29, 1.82) is 0 Å². The molecule has 2 amide bonds. The maximum Gasteiger partial charge on any atom is 0.265 e. The zero-order valence-corrected chi connectivity index (χ0v) is 29.6. The van der Waals surface area contributed by atoms with Gasteiger partial charge in [-0.1, -0.05) is 49.9 Å². The number of carbonyl (C=O) groups excluding carboxylic acids is 2. The van der Waals surface area contributed by atoms with Crippen LogP contribution in [-0.4, -0.2) is 72.2 Å². The van der Waals surface area contributed by atoms with Crippen molar-refractivity contribution in [1.82, 2.24) is 10.2 Å². The molecule has 1 saturated carbocycles. The molecule has 1 aliphatic rings. The number of methoxy groups -OCH3 is 4. The lowest BCUT2D eigenvalue weighted by molar-refractivity contribution is -0.140. The Hall–Kier alpha value is -4.16. The van der Waals surface area contributed by atoms with Crippen LogP contribution in [0.15, 0.2) is 65.6 Å². The molecular formula is C35H44ClN3O8S. The van der Waals surface area contributed by atoms with Crippen LogP contribution in [0.2, 0.25) is 5.02 Å². The van der Waals surface area contributed by atoms with E-state index < -0.39 is 28.5 Å². The van der Waals surface area contributed by atoms with Gasteiger partial charge in [0.15, 0.2) is 11.5 Å². The number of amides is 2. The van der Waals surface area contributed by atoms with E-state index in [1.165, 1.54) is 56.6 Å². The van der Waals surface area contributed by atoms with Gasteiger partial charge in [0.25, 0.3) is 10.0 Å². The highest BCUT2D eigenvalue weighted by Crippen LogP contribution is 2.37. The Morgan fingerprint density at radius 3 is 2.10 bits per heavy atom. The molecule has 0 bridgehead atoms. The van der Waals surface area contributed by atoms with Crippen molar-refractivity contribution in [3.63, 3.8) is 0 Å². The highest BCUT2D eigenvalue weighted by atomic mass is 35.5. The third-order valence-electron chi connectivity index (χ3n) is 8.48. The minimum atomic E-state index is -4.45. The molecule has 13 heteroatoms. The third-order valence-corrected chi connectivity index (χ3v) is 10.5. The molecule has 0 spiro atoms. The van der Waals surface area contributed by atoms with Gasteiger partial charge >= 0.3 is 0 Å². The number of halogens is 1. The Morgan fingerprint density at radius 1 is 0.854 bits per heavy atom. The highest BCUT2D eigenvalue weighted by Gasteiger charge is 2.36. The number of ether oxygens (including phenoxy) is 4. The molecule has 1 N–H and O–H groups in total. The van der Waals surface area contributed by atoms with Crippen LogP contribution in [0.25, 0.3) is 0 Å². The van der Waals surface area contributed by atoms with Crippen LogP contribution in [-0.2, 0) is 26.2 Å². The largest absolute Gasteiger partial charge is 0.497 e. The van der Waals surface area contributed by atoms with Gasteiger partial charge in [-0.2, -0.15) is 0 Å². The number of anilines is 1. The van der Waals surface area contributed by atoms with E-state index in [9.17, 15) is 18.0 Å². The van der Waals surface area contributed by atoms with Gasteiger partial charge in [0.2, 0.25) is 11.8 Å². The van der Waals surface area contributed by atoms with Gasteiger partial charge in [-0.05, 0) is 67.3 Å². The molecule has 1 atom stereocenters. The standard InChI is InChI=1S/C35H44ClN3O8S/c1-6-29(35(41)37-26-10-8-7-9-11-26)38(22-24-12-15-27(44-2)16-13-24)34(40)23-39(30-20-25(36)14-18-31(30)45-3)48(42,43)28-17-19-32(46-4)33(21-28)47-5/h12-21,26,29H,6-11,22-23H2,1-5H3,(H,37,41). The first-order valence-electron chi connectivity index (χ1n) is 15.9. The first-order chi connectivity index (χ1) is 23.1. The van der Waals surface area contributed by atoms with E-state index in [2.05, 4.69) is 5.32 Å². The van der Waals surface area contributed by atoms with Crippen LogP contribution in [0.3, 0.4) is 0 Å². The van der Waals surface area contributed by atoms with Gasteiger partial charge < -0.3 is 29.2 Å². The summed E-state index contributed by atoms with van der Waals surface area (Å²) in [6.45, 7) is 1.23. The molecule has 260 valence electrons. The lowest BCUT2D eigenvalue weighted by Gasteiger charge is -2.34. The van der Waals surface area contributed by atoms with Crippen LogP contribution in [0.1, 0.15) is 51.0 Å². The summed E-state index contributed by atoms with van der Waals surface area (Å²) >= 11 is 6.37.